The minimum Gasteiger partial charge on any atom is -0.378 e. The van der Waals surface area contributed by atoms with Crippen molar-refractivity contribution in [3.05, 3.63) is 0 Å². The normalized spacial score (nSPS) is 22.6. The molecule has 0 radical (unpaired) electrons. The van der Waals surface area contributed by atoms with Crippen LogP contribution in [0.4, 0.5) is 0 Å². The summed E-state index contributed by atoms with van der Waals surface area (Å²) < 4.78 is 17.0. The molecule has 0 aromatic carbocycles. The molecule has 0 N–H and O–H groups in total. The first-order valence-corrected chi connectivity index (χ1v) is 6.61. The molecule has 0 spiro atoms. The van der Waals surface area contributed by atoms with Crippen LogP contribution < -0.4 is 0 Å². The van der Waals surface area contributed by atoms with Gasteiger partial charge in [0, 0.05) is 13.0 Å². The molecule has 1 aliphatic rings. The first-order chi connectivity index (χ1) is 7.68. The van der Waals surface area contributed by atoms with Crippen molar-refractivity contribution in [2.75, 3.05) is 13.2 Å². The molecule has 0 saturated carbocycles. The average Bonchev–Trinajstić information content (AvgIpc) is 2.82. The molecule has 1 saturated heterocycles. The van der Waals surface area contributed by atoms with E-state index in [0.29, 0.717) is 6.10 Å². The second-order valence-corrected chi connectivity index (χ2v) is 6.60. The van der Waals surface area contributed by atoms with Gasteiger partial charge in [0.2, 0.25) is 0 Å². The highest BCUT2D eigenvalue weighted by Gasteiger charge is 2.27. The third-order valence-electron chi connectivity index (χ3n) is 2.69. The Hall–Kier alpha value is -0.120. The van der Waals surface area contributed by atoms with Crippen molar-refractivity contribution in [1.82, 2.24) is 0 Å². The smallest absolute Gasteiger partial charge is 0.0834 e. The van der Waals surface area contributed by atoms with Crippen LogP contribution in [0, 0.1) is 0 Å². The highest BCUT2D eigenvalue weighted by Crippen LogP contribution is 2.23. The first kappa shape index (κ1) is 14.9. The van der Waals surface area contributed by atoms with Gasteiger partial charge in [-0.1, -0.05) is 0 Å². The summed E-state index contributed by atoms with van der Waals surface area (Å²) in [6, 6.07) is 0. The quantitative estimate of drug-likeness (QED) is 0.645. The third kappa shape index (κ3) is 7.74. The van der Waals surface area contributed by atoms with Crippen molar-refractivity contribution in [3.63, 3.8) is 0 Å². The molecule has 0 aromatic heterocycles. The monoisotopic (exact) mass is 244 g/mol. The molecule has 1 fully saturated rings. The van der Waals surface area contributed by atoms with Gasteiger partial charge in [0.15, 0.2) is 0 Å². The third-order valence-corrected chi connectivity index (χ3v) is 2.69. The number of ether oxygens (including phenoxy) is 3. The van der Waals surface area contributed by atoms with Gasteiger partial charge in [-0.3, -0.25) is 0 Å². The minimum absolute atomic E-state index is 0.100. The molecule has 1 heterocycles. The lowest BCUT2D eigenvalue weighted by Crippen LogP contribution is -2.36. The molecule has 2 unspecified atom stereocenters. The molecule has 0 aliphatic carbocycles. The van der Waals surface area contributed by atoms with Crippen LogP contribution in [-0.4, -0.2) is 36.6 Å². The fourth-order valence-corrected chi connectivity index (χ4v) is 2.03. The van der Waals surface area contributed by atoms with Gasteiger partial charge < -0.3 is 14.2 Å². The van der Waals surface area contributed by atoms with E-state index in [0.717, 1.165) is 26.1 Å². The van der Waals surface area contributed by atoms with E-state index >= 15 is 0 Å². The Labute approximate surface area is 106 Å². The summed E-state index contributed by atoms with van der Waals surface area (Å²) in [5.74, 6) is 0. The Morgan fingerprint density at radius 1 is 1.24 bits per heavy atom. The van der Waals surface area contributed by atoms with Crippen LogP contribution in [0.15, 0.2) is 0 Å². The Morgan fingerprint density at radius 3 is 2.29 bits per heavy atom. The SMILES string of the molecule is CC(CC1CO1)OCCC(C)(C)OC(C)(C)C. The number of hydrogen-bond acceptors (Lipinski definition) is 3. The van der Waals surface area contributed by atoms with E-state index in [1.807, 2.05) is 0 Å². The predicted octanol–water partition coefficient (Wildman–Crippen LogP) is 3.16. The predicted molar refractivity (Wildman–Crippen MR) is 69.3 cm³/mol. The maximum atomic E-state index is 6.00. The molecule has 17 heavy (non-hydrogen) atoms. The van der Waals surface area contributed by atoms with Crippen molar-refractivity contribution in [1.29, 1.82) is 0 Å². The van der Waals surface area contributed by atoms with Crippen LogP contribution in [0.2, 0.25) is 0 Å². The summed E-state index contributed by atoms with van der Waals surface area (Å²) in [6.07, 6.45) is 2.66. The molecule has 1 aliphatic heterocycles. The van der Waals surface area contributed by atoms with Crippen molar-refractivity contribution < 1.29 is 14.2 Å². The van der Waals surface area contributed by atoms with E-state index in [2.05, 4.69) is 41.5 Å². The zero-order valence-electron chi connectivity index (χ0n) is 12.2. The van der Waals surface area contributed by atoms with Crippen LogP contribution in [0.1, 0.15) is 54.4 Å². The van der Waals surface area contributed by atoms with E-state index < -0.39 is 0 Å². The Balaban J connectivity index is 2.14. The highest BCUT2D eigenvalue weighted by atomic mass is 16.6. The lowest BCUT2D eigenvalue weighted by molar-refractivity contribution is -0.126. The summed E-state index contributed by atoms with van der Waals surface area (Å²) in [5.41, 5.74) is -0.231. The fraction of sp³-hybridized carbons (Fsp3) is 1.00. The lowest BCUT2D eigenvalue weighted by atomic mass is 10.0. The maximum Gasteiger partial charge on any atom is 0.0834 e. The largest absolute Gasteiger partial charge is 0.378 e. The number of epoxide rings is 1. The molecule has 1 rings (SSSR count). The van der Waals surface area contributed by atoms with Gasteiger partial charge in [0.1, 0.15) is 0 Å². The molecule has 3 nitrogen and oxygen atoms in total. The van der Waals surface area contributed by atoms with Crippen molar-refractivity contribution in [3.8, 4) is 0 Å². The standard InChI is InChI=1S/C14H28O3/c1-11(9-12-10-16-12)15-8-7-14(5,6)17-13(2,3)4/h11-12H,7-10H2,1-6H3. The molecule has 0 amide bonds. The van der Waals surface area contributed by atoms with Gasteiger partial charge in [-0.25, -0.2) is 0 Å². The van der Waals surface area contributed by atoms with Crippen LogP contribution in [0.25, 0.3) is 0 Å². The molecule has 102 valence electrons. The zero-order chi connectivity index (χ0) is 13.1. The fourth-order valence-electron chi connectivity index (χ4n) is 2.03. The van der Waals surface area contributed by atoms with Crippen molar-refractivity contribution in [2.45, 2.75) is 77.8 Å². The van der Waals surface area contributed by atoms with Crippen LogP contribution >= 0.6 is 0 Å². The van der Waals surface area contributed by atoms with Gasteiger partial charge in [-0.2, -0.15) is 0 Å². The summed E-state index contributed by atoms with van der Waals surface area (Å²) in [6.45, 7) is 14.3. The molecule has 2 atom stereocenters. The van der Waals surface area contributed by atoms with E-state index in [9.17, 15) is 0 Å². The Kier molecular flexibility index (Phi) is 4.99. The van der Waals surface area contributed by atoms with Gasteiger partial charge in [0.25, 0.3) is 0 Å². The van der Waals surface area contributed by atoms with Crippen molar-refractivity contribution in [2.24, 2.45) is 0 Å². The van der Waals surface area contributed by atoms with Crippen LogP contribution in [0.3, 0.4) is 0 Å². The molecule has 0 aromatic rings. The van der Waals surface area contributed by atoms with Gasteiger partial charge in [-0.05, 0) is 48.0 Å². The van der Waals surface area contributed by atoms with Gasteiger partial charge >= 0.3 is 0 Å². The molecular formula is C14H28O3. The van der Waals surface area contributed by atoms with E-state index in [-0.39, 0.29) is 17.3 Å². The molecular weight excluding hydrogens is 216 g/mol. The Bertz CT molecular complexity index is 226. The molecule has 0 bridgehead atoms. The lowest BCUT2D eigenvalue weighted by Gasteiger charge is -2.34. The van der Waals surface area contributed by atoms with E-state index in [4.69, 9.17) is 14.2 Å². The highest BCUT2D eigenvalue weighted by molar-refractivity contribution is 4.75. The Morgan fingerprint density at radius 2 is 1.82 bits per heavy atom. The van der Waals surface area contributed by atoms with Crippen LogP contribution in [-0.2, 0) is 14.2 Å². The number of hydrogen-bond donors (Lipinski definition) is 0. The van der Waals surface area contributed by atoms with E-state index in [1.54, 1.807) is 0 Å². The summed E-state index contributed by atoms with van der Waals surface area (Å²) >= 11 is 0. The summed E-state index contributed by atoms with van der Waals surface area (Å²) in [4.78, 5) is 0. The van der Waals surface area contributed by atoms with Gasteiger partial charge in [0.05, 0.1) is 30.0 Å². The zero-order valence-corrected chi connectivity index (χ0v) is 12.2. The minimum atomic E-state index is -0.131. The van der Waals surface area contributed by atoms with Crippen molar-refractivity contribution >= 4 is 0 Å². The second kappa shape index (κ2) is 5.68. The molecule has 3 heteroatoms. The summed E-state index contributed by atoms with van der Waals surface area (Å²) in [7, 11) is 0. The second-order valence-electron chi connectivity index (χ2n) is 6.60. The van der Waals surface area contributed by atoms with Gasteiger partial charge in [-0.15, -0.1) is 0 Å². The van der Waals surface area contributed by atoms with Crippen LogP contribution in [0.5, 0.6) is 0 Å². The average molecular weight is 244 g/mol. The maximum absolute atomic E-state index is 6.00. The first-order valence-electron chi connectivity index (χ1n) is 6.61. The van der Waals surface area contributed by atoms with E-state index in [1.165, 1.54) is 0 Å². The topological polar surface area (TPSA) is 31.0 Å². The number of rotatable bonds is 7. The summed E-state index contributed by atoms with van der Waals surface area (Å²) in [5, 5.41) is 0.